The Morgan fingerprint density at radius 1 is 1.00 bits per heavy atom. The van der Waals surface area contributed by atoms with Crippen molar-refractivity contribution in [2.75, 3.05) is 0 Å². The molecule has 0 aliphatic carbocycles. The summed E-state index contributed by atoms with van der Waals surface area (Å²) in [7, 11) is 0. The topological polar surface area (TPSA) is 0 Å². The second kappa shape index (κ2) is 5.76. The minimum absolute atomic E-state index is 0.872. The monoisotopic (exact) mass is 142 g/mol. The fourth-order valence-corrected chi connectivity index (χ4v) is 1.05. The van der Waals surface area contributed by atoms with Crippen LogP contribution < -0.4 is 0 Å². The Kier molecular flexibility index (Phi) is 5.76. The largest absolute Gasteiger partial charge is 0.0654 e. The van der Waals surface area contributed by atoms with Crippen molar-refractivity contribution in [1.82, 2.24) is 0 Å². The van der Waals surface area contributed by atoms with Gasteiger partial charge in [-0.25, -0.2) is 0 Å². The van der Waals surface area contributed by atoms with Crippen LogP contribution in [0.5, 0.6) is 0 Å². The van der Waals surface area contributed by atoms with Gasteiger partial charge in [-0.15, -0.1) is 0 Å². The lowest BCUT2D eigenvalue weighted by Crippen LogP contribution is -2.02. The minimum Gasteiger partial charge on any atom is -0.0654 e. The van der Waals surface area contributed by atoms with E-state index in [1.165, 1.54) is 25.7 Å². The Hall–Kier alpha value is 0. The van der Waals surface area contributed by atoms with Crippen molar-refractivity contribution in [3.8, 4) is 0 Å². The summed E-state index contributed by atoms with van der Waals surface area (Å²) < 4.78 is 0. The van der Waals surface area contributed by atoms with E-state index in [9.17, 15) is 0 Å². The van der Waals surface area contributed by atoms with Gasteiger partial charge in [0, 0.05) is 0 Å². The van der Waals surface area contributed by atoms with Crippen LogP contribution in [0.3, 0.4) is 0 Å². The lowest BCUT2D eigenvalue weighted by Gasteiger charge is -2.14. The molecule has 1 unspecified atom stereocenters. The van der Waals surface area contributed by atoms with E-state index < -0.39 is 0 Å². The average Bonchev–Trinajstić information content (AvgIpc) is 1.88. The second-order valence-electron chi connectivity index (χ2n) is 3.72. The molecule has 0 rings (SSSR count). The van der Waals surface area contributed by atoms with Crippen molar-refractivity contribution in [2.45, 2.75) is 53.4 Å². The Morgan fingerprint density at radius 3 is 2.00 bits per heavy atom. The van der Waals surface area contributed by atoms with E-state index in [0.717, 1.165) is 11.8 Å². The van der Waals surface area contributed by atoms with E-state index in [2.05, 4.69) is 27.7 Å². The van der Waals surface area contributed by atoms with Gasteiger partial charge in [0.15, 0.2) is 0 Å². The van der Waals surface area contributed by atoms with Crippen molar-refractivity contribution in [3.05, 3.63) is 0 Å². The Bertz CT molecular complexity index is 64.4. The van der Waals surface area contributed by atoms with E-state index in [-0.39, 0.29) is 0 Å². The summed E-state index contributed by atoms with van der Waals surface area (Å²) in [6.45, 7) is 9.26. The highest BCUT2D eigenvalue weighted by Crippen LogP contribution is 2.17. The molecule has 0 aromatic rings. The van der Waals surface area contributed by atoms with Crippen LogP contribution in [0.1, 0.15) is 53.4 Å². The van der Waals surface area contributed by atoms with Gasteiger partial charge in [0.1, 0.15) is 0 Å². The summed E-state index contributed by atoms with van der Waals surface area (Å²) in [4.78, 5) is 0. The predicted molar refractivity (Wildman–Crippen MR) is 48.1 cm³/mol. The van der Waals surface area contributed by atoms with Crippen LogP contribution in [0, 0.1) is 11.8 Å². The highest BCUT2D eigenvalue weighted by atomic mass is 14.1. The number of hydrogen-bond donors (Lipinski definition) is 0. The quantitative estimate of drug-likeness (QED) is 0.511. The molecule has 0 nitrogen and oxygen atoms in total. The molecule has 0 aromatic heterocycles. The third-order valence-corrected chi connectivity index (χ3v) is 2.40. The van der Waals surface area contributed by atoms with Crippen LogP contribution in [-0.4, -0.2) is 0 Å². The molecule has 0 aliphatic rings. The van der Waals surface area contributed by atoms with Gasteiger partial charge in [-0.1, -0.05) is 53.4 Å². The van der Waals surface area contributed by atoms with Crippen molar-refractivity contribution in [3.63, 3.8) is 0 Å². The van der Waals surface area contributed by atoms with Crippen LogP contribution in [0.4, 0.5) is 0 Å². The predicted octanol–water partition coefficient (Wildman–Crippen LogP) is 3.86. The first-order valence-electron chi connectivity index (χ1n) is 4.68. The van der Waals surface area contributed by atoms with E-state index >= 15 is 0 Å². The van der Waals surface area contributed by atoms with E-state index in [1.54, 1.807) is 0 Å². The van der Waals surface area contributed by atoms with Gasteiger partial charge in [0.05, 0.1) is 0 Å². The van der Waals surface area contributed by atoms with Gasteiger partial charge < -0.3 is 0 Å². The van der Waals surface area contributed by atoms with Gasteiger partial charge in [-0.3, -0.25) is 0 Å². The average molecular weight is 142 g/mol. The minimum atomic E-state index is 0.872. The molecule has 0 heteroatoms. The Balaban J connectivity index is 3.13. The molecule has 0 saturated heterocycles. The molecular weight excluding hydrogens is 120 g/mol. The van der Waals surface area contributed by atoms with Crippen LogP contribution in [0.2, 0.25) is 0 Å². The third-order valence-electron chi connectivity index (χ3n) is 2.40. The molecule has 62 valence electrons. The number of hydrogen-bond acceptors (Lipinski definition) is 0. The fourth-order valence-electron chi connectivity index (χ4n) is 1.05. The molecule has 0 radical (unpaired) electrons. The summed E-state index contributed by atoms with van der Waals surface area (Å²) in [5, 5.41) is 0. The third kappa shape index (κ3) is 4.84. The molecule has 0 N–H and O–H groups in total. The SMILES string of the molecule is CCCCCC(C)C(C)C. The summed E-state index contributed by atoms with van der Waals surface area (Å²) in [5.41, 5.74) is 0. The van der Waals surface area contributed by atoms with Gasteiger partial charge in [0.2, 0.25) is 0 Å². The molecule has 0 spiro atoms. The van der Waals surface area contributed by atoms with E-state index in [1.807, 2.05) is 0 Å². The van der Waals surface area contributed by atoms with E-state index in [0.29, 0.717) is 0 Å². The van der Waals surface area contributed by atoms with Crippen molar-refractivity contribution in [1.29, 1.82) is 0 Å². The van der Waals surface area contributed by atoms with E-state index in [4.69, 9.17) is 0 Å². The maximum Gasteiger partial charge on any atom is -0.0420 e. The first kappa shape index (κ1) is 10.0. The van der Waals surface area contributed by atoms with Crippen molar-refractivity contribution >= 4 is 0 Å². The van der Waals surface area contributed by atoms with Crippen LogP contribution in [0.15, 0.2) is 0 Å². The second-order valence-corrected chi connectivity index (χ2v) is 3.72. The molecule has 10 heavy (non-hydrogen) atoms. The first-order chi connectivity index (χ1) is 4.68. The van der Waals surface area contributed by atoms with Crippen LogP contribution in [0.25, 0.3) is 0 Å². The zero-order valence-corrected chi connectivity index (χ0v) is 7.98. The number of unbranched alkanes of at least 4 members (excludes halogenated alkanes) is 2. The Labute approximate surface area is 66.0 Å². The van der Waals surface area contributed by atoms with Gasteiger partial charge in [0.25, 0.3) is 0 Å². The molecule has 0 saturated carbocycles. The molecule has 0 bridgehead atoms. The maximum absolute atomic E-state index is 2.36. The molecule has 0 amide bonds. The normalized spacial score (nSPS) is 14.1. The molecule has 1 atom stereocenters. The number of rotatable bonds is 5. The maximum atomic E-state index is 2.36. The lowest BCUT2D eigenvalue weighted by molar-refractivity contribution is 0.377. The Morgan fingerprint density at radius 2 is 1.60 bits per heavy atom. The van der Waals surface area contributed by atoms with Gasteiger partial charge in [-0.2, -0.15) is 0 Å². The summed E-state index contributed by atoms with van der Waals surface area (Å²) in [6, 6.07) is 0. The summed E-state index contributed by atoms with van der Waals surface area (Å²) in [6.07, 6.45) is 5.61. The first-order valence-corrected chi connectivity index (χ1v) is 4.68. The molecule has 0 fully saturated rings. The van der Waals surface area contributed by atoms with Gasteiger partial charge >= 0.3 is 0 Å². The molecule has 0 aromatic carbocycles. The van der Waals surface area contributed by atoms with Crippen LogP contribution >= 0.6 is 0 Å². The summed E-state index contributed by atoms with van der Waals surface area (Å²) >= 11 is 0. The highest BCUT2D eigenvalue weighted by Gasteiger charge is 2.04. The molecular formula is C10H22. The standard InChI is InChI=1S/C10H22/c1-5-6-7-8-10(4)9(2)3/h9-10H,5-8H2,1-4H3. The zero-order chi connectivity index (χ0) is 7.98. The lowest BCUT2D eigenvalue weighted by atomic mass is 9.92. The molecule has 0 aliphatic heterocycles. The molecule has 0 heterocycles. The smallest absolute Gasteiger partial charge is 0.0420 e. The van der Waals surface area contributed by atoms with Crippen LogP contribution in [-0.2, 0) is 0 Å². The van der Waals surface area contributed by atoms with Crippen molar-refractivity contribution < 1.29 is 0 Å². The van der Waals surface area contributed by atoms with Crippen molar-refractivity contribution in [2.24, 2.45) is 11.8 Å². The highest BCUT2D eigenvalue weighted by molar-refractivity contribution is 4.56. The zero-order valence-electron chi connectivity index (χ0n) is 7.98. The van der Waals surface area contributed by atoms with Gasteiger partial charge in [-0.05, 0) is 11.8 Å². The fraction of sp³-hybridized carbons (Fsp3) is 1.00. The summed E-state index contributed by atoms with van der Waals surface area (Å²) in [5.74, 6) is 1.79.